The van der Waals surface area contributed by atoms with Crippen LogP contribution in [-0.4, -0.2) is 11.2 Å². The van der Waals surface area contributed by atoms with E-state index in [0.29, 0.717) is 10.8 Å². The van der Waals surface area contributed by atoms with Crippen molar-refractivity contribution < 1.29 is 5.11 Å². The van der Waals surface area contributed by atoms with Crippen molar-refractivity contribution in [3.63, 3.8) is 0 Å². The first-order valence-corrected chi connectivity index (χ1v) is 7.03. The van der Waals surface area contributed by atoms with Gasteiger partial charge in [0, 0.05) is 0 Å². The minimum atomic E-state index is -0.0620. The van der Waals surface area contributed by atoms with Crippen LogP contribution in [0.15, 0.2) is 0 Å². The zero-order valence-corrected chi connectivity index (χ0v) is 11.2. The minimum absolute atomic E-state index is 0.0620. The Morgan fingerprint density at radius 3 is 2.38 bits per heavy atom. The van der Waals surface area contributed by atoms with Gasteiger partial charge in [-0.25, -0.2) is 0 Å². The predicted octanol–water partition coefficient (Wildman–Crippen LogP) is 3.61. The second-order valence-electron chi connectivity index (χ2n) is 7.62. The molecule has 0 aromatic carbocycles. The fourth-order valence-electron chi connectivity index (χ4n) is 5.67. The van der Waals surface area contributed by atoms with Gasteiger partial charge in [-0.2, -0.15) is 0 Å². The van der Waals surface area contributed by atoms with Gasteiger partial charge < -0.3 is 5.11 Å². The number of hydrogen-bond donors (Lipinski definition) is 1. The number of hydrogen-bond acceptors (Lipinski definition) is 1. The first kappa shape index (κ1) is 11.1. The van der Waals surface area contributed by atoms with Crippen molar-refractivity contribution in [3.05, 3.63) is 0 Å². The van der Waals surface area contributed by atoms with Gasteiger partial charge in [0.2, 0.25) is 0 Å². The van der Waals surface area contributed by atoms with E-state index in [-0.39, 0.29) is 11.5 Å². The van der Waals surface area contributed by atoms with Crippen molar-refractivity contribution in [3.8, 4) is 0 Å². The summed E-state index contributed by atoms with van der Waals surface area (Å²) in [5, 5.41) is 10.6. The summed E-state index contributed by atoms with van der Waals surface area (Å²) >= 11 is 0. The van der Waals surface area contributed by atoms with Crippen LogP contribution in [0.1, 0.15) is 59.8 Å². The van der Waals surface area contributed by atoms with Crippen LogP contribution in [0.5, 0.6) is 0 Å². The topological polar surface area (TPSA) is 20.2 Å². The third-order valence-electron chi connectivity index (χ3n) is 7.33. The fourth-order valence-corrected chi connectivity index (χ4v) is 5.67. The van der Waals surface area contributed by atoms with Crippen molar-refractivity contribution >= 4 is 0 Å². The lowest BCUT2D eigenvalue weighted by atomic mass is 9.38. The van der Waals surface area contributed by atoms with Crippen molar-refractivity contribution in [2.75, 3.05) is 0 Å². The highest BCUT2D eigenvalue weighted by atomic mass is 16.3. The highest BCUT2D eigenvalue weighted by molar-refractivity contribution is 5.17. The van der Waals surface area contributed by atoms with Crippen LogP contribution in [0.25, 0.3) is 0 Å². The maximum absolute atomic E-state index is 10.6. The molecule has 1 nitrogen and oxygen atoms in total. The second-order valence-corrected chi connectivity index (χ2v) is 7.62. The molecule has 4 aliphatic carbocycles. The van der Waals surface area contributed by atoms with Gasteiger partial charge in [0.25, 0.3) is 0 Å². The lowest BCUT2D eigenvalue weighted by Gasteiger charge is -2.67. The van der Waals surface area contributed by atoms with Crippen molar-refractivity contribution in [1.29, 1.82) is 0 Å². The SMILES string of the molecule is C[C@@H]1CC[C@@H]2C(C)(C)[C@@]3(C)CC[C@@]12CC3O. The molecule has 0 amide bonds. The molecule has 5 atom stereocenters. The summed E-state index contributed by atoms with van der Waals surface area (Å²) in [4.78, 5) is 0. The predicted molar refractivity (Wildman–Crippen MR) is 66.1 cm³/mol. The Morgan fingerprint density at radius 2 is 1.75 bits per heavy atom. The smallest absolute Gasteiger partial charge is 0.0604 e. The molecular weight excluding hydrogens is 196 g/mol. The van der Waals surface area contributed by atoms with E-state index in [1.54, 1.807) is 0 Å². The zero-order valence-electron chi connectivity index (χ0n) is 11.2. The number of aliphatic hydroxyl groups is 1. The lowest BCUT2D eigenvalue weighted by molar-refractivity contribution is -0.223. The van der Waals surface area contributed by atoms with Crippen molar-refractivity contribution in [1.82, 2.24) is 0 Å². The minimum Gasteiger partial charge on any atom is -0.393 e. The zero-order chi connectivity index (χ0) is 11.8. The molecule has 0 aliphatic heterocycles. The highest BCUT2D eigenvalue weighted by Crippen LogP contribution is 2.73. The van der Waals surface area contributed by atoms with Gasteiger partial charge in [0.1, 0.15) is 0 Å². The molecule has 0 radical (unpaired) electrons. The van der Waals surface area contributed by atoms with E-state index in [9.17, 15) is 5.11 Å². The van der Waals surface area contributed by atoms with Gasteiger partial charge in [-0.05, 0) is 60.2 Å². The van der Waals surface area contributed by atoms with Crippen molar-refractivity contribution in [2.45, 2.75) is 65.9 Å². The van der Waals surface area contributed by atoms with E-state index in [1.807, 2.05) is 0 Å². The molecule has 4 saturated carbocycles. The lowest BCUT2D eigenvalue weighted by Crippen LogP contribution is -2.63. The third kappa shape index (κ3) is 0.939. The Hall–Kier alpha value is -0.0400. The van der Waals surface area contributed by atoms with E-state index in [0.717, 1.165) is 18.3 Å². The van der Waals surface area contributed by atoms with Gasteiger partial charge in [0.15, 0.2) is 0 Å². The Morgan fingerprint density at radius 1 is 1.06 bits per heavy atom. The molecule has 1 heteroatoms. The summed E-state index contributed by atoms with van der Waals surface area (Å²) in [5.74, 6) is 1.69. The molecule has 4 rings (SSSR count). The van der Waals surface area contributed by atoms with Crippen LogP contribution in [-0.2, 0) is 0 Å². The van der Waals surface area contributed by atoms with Crippen LogP contribution in [0.2, 0.25) is 0 Å². The number of aliphatic hydroxyl groups excluding tert-OH is 1. The summed E-state index contributed by atoms with van der Waals surface area (Å²) in [6.07, 6.45) is 6.41. The molecule has 4 fully saturated rings. The molecule has 1 N–H and O–H groups in total. The maximum Gasteiger partial charge on any atom is 0.0604 e. The molecular formula is C15H26O. The van der Waals surface area contributed by atoms with Gasteiger partial charge in [0.05, 0.1) is 6.10 Å². The summed E-state index contributed by atoms with van der Waals surface area (Å²) in [6, 6.07) is 0. The van der Waals surface area contributed by atoms with Gasteiger partial charge >= 0.3 is 0 Å². The molecule has 0 aromatic rings. The molecule has 0 heterocycles. The molecule has 1 spiro atoms. The summed E-state index contributed by atoms with van der Waals surface area (Å²) in [5.41, 5.74) is 0.984. The van der Waals surface area contributed by atoms with Gasteiger partial charge in [-0.1, -0.05) is 27.7 Å². The van der Waals surface area contributed by atoms with Crippen LogP contribution < -0.4 is 0 Å². The summed E-state index contributed by atoms with van der Waals surface area (Å²) in [6.45, 7) is 9.61. The first-order chi connectivity index (χ1) is 7.34. The third-order valence-corrected chi connectivity index (χ3v) is 7.33. The Labute approximate surface area is 99.6 Å². The largest absolute Gasteiger partial charge is 0.393 e. The quantitative estimate of drug-likeness (QED) is 0.664. The van der Waals surface area contributed by atoms with Crippen LogP contribution >= 0.6 is 0 Å². The van der Waals surface area contributed by atoms with Crippen molar-refractivity contribution in [2.24, 2.45) is 28.1 Å². The first-order valence-electron chi connectivity index (χ1n) is 7.03. The molecule has 92 valence electrons. The Bertz CT molecular complexity index is 321. The number of rotatable bonds is 0. The van der Waals surface area contributed by atoms with Crippen LogP contribution in [0.4, 0.5) is 0 Å². The number of fused-ring (bicyclic) bond motifs is 2. The fraction of sp³-hybridized carbons (Fsp3) is 1.00. The molecule has 0 aromatic heterocycles. The molecule has 16 heavy (non-hydrogen) atoms. The highest BCUT2D eigenvalue weighted by Gasteiger charge is 2.68. The Balaban J connectivity index is 2.12. The summed E-state index contributed by atoms with van der Waals surface area (Å²) < 4.78 is 0. The normalized spacial score (nSPS) is 58.7. The van der Waals surface area contributed by atoms with E-state index >= 15 is 0 Å². The maximum atomic E-state index is 10.6. The average Bonchev–Trinajstić information content (AvgIpc) is 2.51. The Kier molecular flexibility index (Phi) is 1.98. The molecule has 0 saturated heterocycles. The van der Waals surface area contributed by atoms with Crippen LogP contribution in [0, 0.1) is 28.1 Å². The average molecular weight is 222 g/mol. The van der Waals surface area contributed by atoms with Gasteiger partial charge in [-0.3, -0.25) is 0 Å². The monoisotopic (exact) mass is 222 g/mol. The molecule has 1 unspecified atom stereocenters. The van der Waals surface area contributed by atoms with E-state index in [4.69, 9.17) is 0 Å². The van der Waals surface area contributed by atoms with E-state index in [2.05, 4.69) is 27.7 Å². The van der Waals surface area contributed by atoms with E-state index in [1.165, 1.54) is 25.7 Å². The molecule has 2 bridgehead atoms. The standard InChI is InChI=1S/C15H26O/c1-10-5-6-11-13(2,3)14(4)7-8-15(10,11)9-12(14)16/h10-12,16H,5-9H2,1-4H3/t10-,11-,12?,14+,15-/m1/s1. The van der Waals surface area contributed by atoms with Crippen LogP contribution in [0.3, 0.4) is 0 Å². The molecule has 4 aliphatic rings. The van der Waals surface area contributed by atoms with E-state index < -0.39 is 0 Å². The van der Waals surface area contributed by atoms with Gasteiger partial charge in [-0.15, -0.1) is 0 Å². The summed E-state index contributed by atoms with van der Waals surface area (Å²) in [7, 11) is 0. The second kappa shape index (κ2) is 2.85.